The zero-order valence-electron chi connectivity index (χ0n) is 19.4. The highest BCUT2D eigenvalue weighted by Crippen LogP contribution is 2.29. The molecular weight excluding hydrogens is 474 g/mol. The topological polar surface area (TPSA) is 105 Å². The van der Waals surface area contributed by atoms with Crippen LogP contribution in [-0.2, 0) is 10.0 Å². The molecule has 7 nitrogen and oxygen atoms in total. The van der Waals surface area contributed by atoms with Crippen molar-refractivity contribution in [2.75, 3.05) is 10.5 Å². The molecule has 0 aliphatic carbocycles. The molecule has 2 aromatic carbocycles. The SMILES string of the molecule is CCCS(=O)(=O)Nc1ccc(F)c(C(=O)c2n[nH]c3ncc(-c4ccc(C(C)C)cc4)cc23)c1F. The Morgan fingerprint density at radius 2 is 1.80 bits per heavy atom. The van der Waals surface area contributed by atoms with Crippen molar-refractivity contribution in [3.63, 3.8) is 0 Å². The molecule has 0 aliphatic rings. The Morgan fingerprint density at radius 1 is 1.09 bits per heavy atom. The van der Waals surface area contributed by atoms with E-state index in [4.69, 9.17) is 0 Å². The molecule has 2 heterocycles. The Balaban J connectivity index is 1.75. The summed E-state index contributed by atoms with van der Waals surface area (Å²) in [6.45, 7) is 5.83. The van der Waals surface area contributed by atoms with Gasteiger partial charge in [0.05, 0.1) is 22.4 Å². The summed E-state index contributed by atoms with van der Waals surface area (Å²) in [5.41, 5.74) is 1.37. The Bertz CT molecular complexity index is 1510. The second-order valence-corrected chi connectivity index (χ2v) is 10.3. The molecule has 0 radical (unpaired) electrons. The molecule has 2 N–H and O–H groups in total. The Morgan fingerprint density at radius 3 is 2.46 bits per heavy atom. The van der Waals surface area contributed by atoms with E-state index in [0.717, 1.165) is 17.7 Å². The molecule has 0 amide bonds. The smallest absolute Gasteiger partial charge is 0.232 e. The summed E-state index contributed by atoms with van der Waals surface area (Å²) >= 11 is 0. The average molecular weight is 499 g/mol. The molecule has 182 valence electrons. The van der Waals surface area contributed by atoms with E-state index in [2.05, 4.69) is 33.8 Å². The van der Waals surface area contributed by atoms with Gasteiger partial charge in [0.15, 0.2) is 11.5 Å². The first-order valence-corrected chi connectivity index (χ1v) is 12.7. The van der Waals surface area contributed by atoms with Gasteiger partial charge in [-0.05, 0) is 41.7 Å². The highest BCUT2D eigenvalue weighted by molar-refractivity contribution is 7.92. The van der Waals surface area contributed by atoms with Crippen LogP contribution < -0.4 is 4.72 Å². The molecule has 35 heavy (non-hydrogen) atoms. The van der Waals surface area contributed by atoms with E-state index in [0.29, 0.717) is 17.9 Å². The van der Waals surface area contributed by atoms with E-state index in [-0.39, 0.29) is 22.5 Å². The second-order valence-electron chi connectivity index (χ2n) is 8.50. The lowest BCUT2D eigenvalue weighted by atomic mass is 9.98. The number of benzene rings is 2. The number of anilines is 1. The van der Waals surface area contributed by atoms with Gasteiger partial charge in [0, 0.05) is 11.8 Å². The molecule has 2 aromatic heterocycles. The van der Waals surface area contributed by atoms with Gasteiger partial charge in [0.25, 0.3) is 0 Å². The van der Waals surface area contributed by atoms with Crippen LogP contribution in [-0.4, -0.2) is 35.1 Å². The summed E-state index contributed by atoms with van der Waals surface area (Å²) in [5.74, 6) is -3.34. The van der Waals surface area contributed by atoms with E-state index >= 15 is 4.39 Å². The number of pyridine rings is 1. The lowest BCUT2D eigenvalue weighted by molar-refractivity contribution is 0.102. The van der Waals surface area contributed by atoms with Gasteiger partial charge in [-0.25, -0.2) is 22.2 Å². The van der Waals surface area contributed by atoms with Crippen LogP contribution in [0, 0.1) is 11.6 Å². The Labute approximate surface area is 201 Å². The molecule has 0 spiro atoms. The number of hydrogen-bond acceptors (Lipinski definition) is 5. The third-order valence-electron chi connectivity index (χ3n) is 5.60. The van der Waals surface area contributed by atoms with Gasteiger partial charge in [0.2, 0.25) is 15.8 Å². The molecule has 0 saturated carbocycles. The number of nitrogens with zero attached hydrogens (tertiary/aromatic N) is 2. The number of carbonyl (C=O) groups excluding carboxylic acids is 1. The molecule has 10 heteroatoms. The Hall–Kier alpha value is -3.66. The van der Waals surface area contributed by atoms with Gasteiger partial charge in [0.1, 0.15) is 11.5 Å². The maximum absolute atomic E-state index is 15.2. The van der Waals surface area contributed by atoms with Gasteiger partial charge in [-0.2, -0.15) is 5.10 Å². The standard InChI is InChI=1S/C25H24F2N4O3S/c1-4-11-35(33,34)31-20-10-9-19(26)21(22(20)27)24(32)23-18-12-17(13-28-25(18)30-29-23)16-7-5-15(6-8-16)14(2)3/h5-10,12-14,31H,4,11H2,1-3H3,(H,28,29,30). The van der Waals surface area contributed by atoms with E-state index in [9.17, 15) is 17.6 Å². The van der Waals surface area contributed by atoms with Crippen LogP contribution in [0.1, 0.15) is 54.7 Å². The summed E-state index contributed by atoms with van der Waals surface area (Å²) in [6.07, 6.45) is 1.92. The molecule has 0 saturated heterocycles. The summed E-state index contributed by atoms with van der Waals surface area (Å²) in [5, 5.41) is 6.85. The fraction of sp³-hybridized carbons (Fsp3) is 0.240. The Kier molecular flexibility index (Phi) is 6.66. The number of H-pyrrole nitrogens is 1. The van der Waals surface area contributed by atoms with Crippen LogP contribution in [0.5, 0.6) is 0 Å². The van der Waals surface area contributed by atoms with E-state index in [1.165, 1.54) is 5.56 Å². The maximum Gasteiger partial charge on any atom is 0.232 e. The quantitative estimate of drug-likeness (QED) is 0.316. The van der Waals surface area contributed by atoms with Crippen molar-refractivity contribution < 1.29 is 22.0 Å². The number of rotatable bonds is 8. The number of ketones is 1. The first-order chi connectivity index (χ1) is 16.6. The van der Waals surface area contributed by atoms with Crippen LogP contribution >= 0.6 is 0 Å². The number of halogens is 2. The zero-order valence-corrected chi connectivity index (χ0v) is 20.2. The molecule has 0 aliphatic heterocycles. The predicted octanol–water partition coefficient (Wildman–Crippen LogP) is 5.41. The minimum absolute atomic E-state index is 0.223. The van der Waals surface area contributed by atoms with Crippen molar-refractivity contribution in [3.8, 4) is 11.1 Å². The van der Waals surface area contributed by atoms with Gasteiger partial charge in [-0.1, -0.05) is 45.0 Å². The van der Waals surface area contributed by atoms with Gasteiger partial charge in [-0.15, -0.1) is 0 Å². The number of aromatic amines is 1. The van der Waals surface area contributed by atoms with Crippen molar-refractivity contribution in [2.45, 2.75) is 33.1 Å². The van der Waals surface area contributed by atoms with Gasteiger partial charge >= 0.3 is 0 Å². The first kappa shape index (κ1) is 24.5. The van der Waals surface area contributed by atoms with Crippen LogP contribution in [0.25, 0.3) is 22.2 Å². The third-order valence-corrected chi connectivity index (χ3v) is 7.08. The normalized spacial score (nSPS) is 11.8. The van der Waals surface area contributed by atoms with Crippen molar-refractivity contribution in [1.29, 1.82) is 0 Å². The summed E-state index contributed by atoms with van der Waals surface area (Å²) in [6, 6.07) is 11.3. The number of aromatic nitrogens is 3. The summed E-state index contributed by atoms with van der Waals surface area (Å²) in [4.78, 5) is 17.5. The fourth-order valence-electron chi connectivity index (χ4n) is 3.74. The lowest BCUT2D eigenvalue weighted by Gasteiger charge is -2.11. The van der Waals surface area contributed by atoms with Crippen molar-refractivity contribution >= 4 is 32.5 Å². The predicted molar refractivity (Wildman–Crippen MR) is 131 cm³/mol. The largest absolute Gasteiger partial charge is 0.287 e. The monoisotopic (exact) mass is 498 g/mol. The second kappa shape index (κ2) is 9.53. The van der Waals surface area contributed by atoms with E-state index in [1.807, 2.05) is 24.3 Å². The fourth-order valence-corrected chi connectivity index (χ4v) is 4.87. The van der Waals surface area contributed by atoms with Crippen LogP contribution in [0.2, 0.25) is 0 Å². The highest BCUT2D eigenvalue weighted by atomic mass is 32.2. The highest BCUT2D eigenvalue weighted by Gasteiger charge is 2.27. The number of nitrogens with one attached hydrogen (secondary N) is 2. The van der Waals surface area contributed by atoms with E-state index in [1.54, 1.807) is 19.2 Å². The molecule has 4 rings (SSSR count). The summed E-state index contributed by atoms with van der Waals surface area (Å²) in [7, 11) is -3.85. The van der Waals surface area contributed by atoms with Crippen LogP contribution in [0.4, 0.5) is 14.5 Å². The maximum atomic E-state index is 15.2. The van der Waals surface area contributed by atoms with Crippen molar-refractivity contribution in [1.82, 2.24) is 15.2 Å². The van der Waals surface area contributed by atoms with Crippen LogP contribution in [0.15, 0.2) is 48.7 Å². The molecule has 0 bridgehead atoms. The third kappa shape index (κ3) is 4.93. The number of carbonyl (C=O) groups is 1. The molecule has 0 unspecified atom stereocenters. The number of hydrogen-bond donors (Lipinski definition) is 2. The van der Waals surface area contributed by atoms with Gasteiger partial charge < -0.3 is 0 Å². The average Bonchev–Trinajstić information content (AvgIpc) is 3.24. The minimum atomic E-state index is -3.85. The number of fused-ring (bicyclic) bond motifs is 1. The molecule has 4 aromatic rings. The van der Waals surface area contributed by atoms with Crippen LogP contribution in [0.3, 0.4) is 0 Å². The molecule has 0 atom stereocenters. The molecule has 0 fully saturated rings. The minimum Gasteiger partial charge on any atom is -0.287 e. The zero-order chi connectivity index (χ0) is 25.3. The lowest BCUT2D eigenvalue weighted by Crippen LogP contribution is -2.18. The van der Waals surface area contributed by atoms with Crippen molar-refractivity contribution in [2.24, 2.45) is 0 Å². The number of sulfonamides is 1. The summed E-state index contributed by atoms with van der Waals surface area (Å²) < 4.78 is 56.0. The van der Waals surface area contributed by atoms with Gasteiger partial charge in [-0.3, -0.25) is 14.6 Å². The van der Waals surface area contributed by atoms with Crippen molar-refractivity contribution in [3.05, 3.63) is 77.1 Å². The van der Waals surface area contributed by atoms with E-state index < -0.39 is 38.7 Å². The molecular formula is C25H24F2N4O3S. The first-order valence-electron chi connectivity index (χ1n) is 11.1.